The fraction of sp³-hybridized carbons (Fsp3) is 0.286. The van der Waals surface area contributed by atoms with Crippen LogP contribution >= 0.6 is 0 Å². The number of carbonyl (C=O) groups is 3. The van der Waals surface area contributed by atoms with Crippen molar-refractivity contribution in [1.82, 2.24) is 10.6 Å². The van der Waals surface area contributed by atoms with Gasteiger partial charge in [-0.05, 0) is 31.0 Å². The first kappa shape index (κ1) is 20.2. The zero-order chi connectivity index (χ0) is 19.5. The molecule has 0 aliphatic carbocycles. The Labute approximate surface area is 158 Å². The molecule has 2 N–H and O–H groups in total. The summed E-state index contributed by atoms with van der Waals surface area (Å²) in [5, 5.41) is 5.55. The Morgan fingerprint density at radius 1 is 0.963 bits per heavy atom. The van der Waals surface area contributed by atoms with Crippen LogP contribution in [0.25, 0.3) is 0 Å². The van der Waals surface area contributed by atoms with Gasteiger partial charge in [-0.3, -0.25) is 14.4 Å². The predicted molar refractivity (Wildman–Crippen MR) is 102 cm³/mol. The lowest BCUT2D eigenvalue weighted by molar-refractivity contribution is -0.143. The van der Waals surface area contributed by atoms with E-state index in [9.17, 15) is 14.4 Å². The van der Waals surface area contributed by atoms with Gasteiger partial charge in [0.1, 0.15) is 6.04 Å². The van der Waals surface area contributed by atoms with E-state index >= 15 is 0 Å². The highest BCUT2D eigenvalue weighted by Crippen LogP contribution is 2.14. The molecule has 2 aromatic rings. The number of esters is 1. The van der Waals surface area contributed by atoms with Crippen LogP contribution in [0.1, 0.15) is 41.7 Å². The van der Waals surface area contributed by atoms with Crippen LogP contribution < -0.4 is 10.6 Å². The molecule has 0 bridgehead atoms. The van der Waals surface area contributed by atoms with E-state index in [4.69, 9.17) is 4.74 Å². The summed E-state index contributed by atoms with van der Waals surface area (Å²) in [5.41, 5.74) is 1.17. The highest BCUT2D eigenvalue weighted by atomic mass is 16.5. The van der Waals surface area contributed by atoms with E-state index < -0.39 is 6.04 Å². The lowest BCUT2D eigenvalue weighted by Gasteiger charge is -2.19. The smallest absolute Gasteiger partial charge is 0.305 e. The van der Waals surface area contributed by atoms with Gasteiger partial charge in [0, 0.05) is 18.5 Å². The van der Waals surface area contributed by atoms with Crippen molar-refractivity contribution in [3.05, 3.63) is 71.8 Å². The van der Waals surface area contributed by atoms with Gasteiger partial charge in [-0.1, -0.05) is 48.5 Å². The summed E-state index contributed by atoms with van der Waals surface area (Å²) in [4.78, 5) is 36.5. The molecule has 0 aromatic heterocycles. The molecule has 6 heteroatoms. The zero-order valence-corrected chi connectivity index (χ0v) is 15.3. The maximum absolute atomic E-state index is 12.6. The van der Waals surface area contributed by atoms with Crippen molar-refractivity contribution in [3.8, 4) is 0 Å². The number of rotatable bonds is 9. The van der Waals surface area contributed by atoms with Crippen molar-refractivity contribution < 1.29 is 19.1 Å². The topological polar surface area (TPSA) is 84.5 Å². The third-order valence-electron chi connectivity index (χ3n) is 3.87. The van der Waals surface area contributed by atoms with Gasteiger partial charge in [0.25, 0.3) is 5.91 Å². The van der Waals surface area contributed by atoms with Crippen molar-refractivity contribution in [1.29, 1.82) is 0 Å². The van der Waals surface area contributed by atoms with E-state index in [2.05, 4.69) is 10.6 Å². The highest BCUT2D eigenvalue weighted by molar-refractivity contribution is 5.97. The number of hydrogen-bond donors (Lipinski definition) is 2. The summed E-state index contributed by atoms with van der Waals surface area (Å²) in [7, 11) is 0. The lowest BCUT2D eigenvalue weighted by Crippen LogP contribution is -2.40. The van der Waals surface area contributed by atoms with Crippen molar-refractivity contribution in [2.75, 3.05) is 13.2 Å². The van der Waals surface area contributed by atoms with Gasteiger partial charge in [-0.15, -0.1) is 0 Å². The largest absolute Gasteiger partial charge is 0.466 e. The standard InChI is InChI=1S/C21H24N2O4/c1-2-27-18(24)14-9-15-22-21(26)19(16-10-5-3-6-11-16)23-20(25)17-12-7-4-8-13-17/h3-8,10-13,19H,2,9,14-15H2,1H3,(H,22,26)(H,23,25). The molecule has 142 valence electrons. The summed E-state index contributed by atoms with van der Waals surface area (Å²) in [5.74, 6) is -0.941. The Hall–Kier alpha value is -3.15. The van der Waals surface area contributed by atoms with Gasteiger partial charge < -0.3 is 15.4 Å². The Bertz CT molecular complexity index is 747. The number of amides is 2. The van der Waals surface area contributed by atoms with E-state index in [0.29, 0.717) is 30.7 Å². The highest BCUT2D eigenvalue weighted by Gasteiger charge is 2.22. The van der Waals surface area contributed by atoms with Crippen LogP contribution in [0.5, 0.6) is 0 Å². The second-order valence-corrected chi connectivity index (χ2v) is 5.88. The maximum atomic E-state index is 12.6. The molecule has 1 unspecified atom stereocenters. The quantitative estimate of drug-likeness (QED) is 0.526. The minimum absolute atomic E-state index is 0.237. The first-order valence-corrected chi connectivity index (χ1v) is 8.96. The summed E-state index contributed by atoms with van der Waals surface area (Å²) >= 11 is 0. The molecule has 1 atom stereocenters. The molecule has 27 heavy (non-hydrogen) atoms. The Balaban J connectivity index is 1.99. The number of ether oxygens (including phenoxy) is 1. The molecule has 0 radical (unpaired) electrons. The molecule has 6 nitrogen and oxygen atoms in total. The number of nitrogens with one attached hydrogen (secondary N) is 2. The van der Waals surface area contributed by atoms with Crippen molar-refractivity contribution >= 4 is 17.8 Å². The van der Waals surface area contributed by atoms with E-state index in [1.54, 1.807) is 43.3 Å². The van der Waals surface area contributed by atoms with E-state index in [1.807, 2.05) is 24.3 Å². The van der Waals surface area contributed by atoms with Gasteiger partial charge in [0.05, 0.1) is 6.61 Å². The van der Waals surface area contributed by atoms with Crippen LogP contribution in [-0.2, 0) is 14.3 Å². The fourth-order valence-electron chi connectivity index (χ4n) is 2.53. The van der Waals surface area contributed by atoms with Crippen LogP contribution in [-0.4, -0.2) is 30.9 Å². The van der Waals surface area contributed by atoms with E-state index in [-0.39, 0.29) is 24.2 Å². The Kier molecular flexibility index (Phi) is 8.03. The monoisotopic (exact) mass is 368 g/mol. The average molecular weight is 368 g/mol. The Morgan fingerprint density at radius 3 is 2.22 bits per heavy atom. The van der Waals surface area contributed by atoms with Crippen LogP contribution in [0.3, 0.4) is 0 Å². The van der Waals surface area contributed by atoms with Gasteiger partial charge in [0.15, 0.2) is 0 Å². The normalized spacial score (nSPS) is 11.3. The number of hydrogen-bond acceptors (Lipinski definition) is 4. The van der Waals surface area contributed by atoms with Gasteiger partial charge in [-0.2, -0.15) is 0 Å². The summed E-state index contributed by atoms with van der Waals surface area (Å²) < 4.78 is 4.86. The van der Waals surface area contributed by atoms with Crippen molar-refractivity contribution in [2.45, 2.75) is 25.8 Å². The Morgan fingerprint density at radius 2 is 1.59 bits per heavy atom. The molecule has 0 saturated carbocycles. The van der Waals surface area contributed by atoms with Crippen LogP contribution in [0, 0.1) is 0 Å². The molecule has 0 fully saturated rings. The van der Waals surface area contributed by atoms with E-state index in [0.717, 1.165) is 0 Å². The molecule has 0 aliphatic heterocycles. The summed E-state index contributed by atoms with van der Waals surface area (Å²) in [6.45, 7) is 2.41. The number of carbonyl (C=O) groups excluding carboxylic acids is 3. The fourth-order valence-corrected chi connectivity index (χ4v) is 2.53. The summed E-state index contributed by atoms with van der Waals surface area (Å²) in [6.07, 6.45) is 0.708. The van der Waals surface area contributed by atoms with Crippen molar-refractivity contribution in [3.63, 3.8) is 0 Å². The van der Waals surface area contributed by atoms with Crippen LogP contribution in [0.2, 0.25) is 0 Å². The van der Waals surface area contributed by atoms with Crippen LogP contribution in [0.15, 0.2) is 60.7 Å². The average Bonchev–Trinajstić information content (AvgIpc) is 2.70. The third-order valence-corrected chi connectivity index (χ3v) is 3.87. The minimum atomic E-state index is -0.818. The SMILES string of the molecule is CCOC(=O)CCCNC(=O)C(NC(=O)c1ccccc1)c1ccccc1. The second-order valence-electron chi connectivity index (χ2n) is 5.88. The molecule has 0 spiro atoms. The third kappa shape index (κ3) is 6.58. The van der Waals surface area contributed by atoms with E-state index in [1.165, 1.54) is 0 Å². The maximum Gasteiger partial charge on any atom is 0.305 e. The van der Waals surface area contributed by atoms with Crippen molar-refractivity contribution in [2.24, 2.45) is 0 Å². The molecule has 2 rings (SSSR count). The lowest BCUT2D eigenvalue weighted by atomic mass is 10.1. The molecule has 2 amide bonds. The first-order chi connectivity index (χ1) is 13.1. The van der Waals surface area contributed by atoms with Gasteiger partial charge in [0.2, 0.25) is 5.91 Å². The zero-order valence-electron chi connectivity index (χ0n) is 15.3. The van der Waals surface area contributed by atoms with Gasteiger partial charge >= 0.3 is 5.97 Å². The molecular weight excluding hydrogens is 344 g/mol. The molecule has 2 aromatic carbocycles. The summed E-state index contributed by atoms with van der Waals surface area (Å²) in [6, 6.07) is 16.9. The second kappa shape index (κ2) is 10.8. The molecule has 0 heterocycles. The molecule has 0 aliphatic rings. The number of benzene rings is 2. The molecular formula is C21H24N2O4. The predicted octanol–water partition coefficient (Wildman–Crippen LogP) is 2.62. The molecule has 0 saturated heterocycles. The first-order valence-electron chi connectivity index (χ1n) is 8.96. The minimum Gasteiger partial charge on any atom is -0.466 e. The van der Waals surface area contributed by atoms with Crippen LogP contribution in [0.4, 0.5) is 0 Å². The van der Waals surface area contributed by atoms with Gasteiger partial charge in [-0.25, -0.2) is 0 Å².